The minimum absolute atomic E-state index is 0.0915. The molecule has 0 aromatic heterocycles. The third-order valence-corrected chi connectivity index (χ3v) is 7.11. The fourth-order valence-corrected chi connectivity index (χ4v) is 5.08. The van der Waals surface area contributed by atoms with Crippen molar-refractivity contribution in [1.29, 1.82) is 0 Å². The Kier molecular flexibility index (Phi) is 6.35. The van der Waals surface area contributed by atoms with Crippen LogP contribution in [0.25, 0.3) is 0 Å². The Morgan fingerprint density at radius 1 is 1.06 bits per heavy atom. The Hall–Kier alpha value is -3.43. The first-order chi connectivity index (χ1) is 15.8. The molecule has 8 nitrogen and oxygen atoms in total. The molecule has 3 aromatic carbocycles. The number of anilines is 2. The van der Waals surface area contributed by atoms with Gasteiger partial charge in [0.25, 0.3) is 15.9 Å². The minimum Gasteiger partial charge on any atom is -0.497 e. The van der Waals surface area contributed by atoms with Gasteiger partial charge < -0.3 is 19.5 Å². The number of halogens is 1. The van der Waals surface area contributed by atoms with E-state index in [0.717, 1.165) is 4.31 Å². The summed E-state index contributed by atoms with van der Waals surface area (Å²) in [6.07, 6.45) is -1.12. The summed E-state index contributed by atoms with van der Waals surface area (Å²) >= 11 is 6.12. The molecule has 3 aromatic rings. The van der Waals surface area contributed by atoms with Gasteiger partial charge in [-0.05, 0) is 42.5 Å². The highest BCUT2D eigenvalue weighted by Gasteiger charge is 2.38. The molecular formula is C23H21ClN2O6S. The minimum atomic E-state index is -3.98. The van der Waals surface area contributed by atoms with Crippen LogP contribution in [0.3, 0.4) is 0 Å². The number of amides is 1. The number of benzene rings is 3. The molecule has 1 aliphatic heterocycles. The van der Waals surface area contributed by atoms with Gasteiger partial charge in [-0.25, -0.2) is 8.42 Å². The number of rotatable bonds is 6. The summed E-state index contributed by atoms with van der Waals surface area (Å²) in [6.45, 7) is -0.241. The molecule has 33 heavy (non-hydrogen) atoms. The molecule has 0 spiro atoms. The van der Waals surface area contributed by atoms with Crippen LogP contribution < -0.4 is 23.8 Å². The third kappa shape index (κ3) is 4.55. The van der Waals surface area contributed by atoms with Gasteiger partial charge in [0.1, 0.15) is 17.2 Å². The summed E-state index contributed by atoms with van der Waals surface area (Å²) < 4.78 is 44.3. The van der Waals surface area contributed by atoms with Gasteiger partial charge in [-0.1, -0.05) is 29.8 Å². The van der Waals surface area contributed by atoms with Crippen molar-refractivity contribution in [3.8, 4) is 17.2 Å². The third-order valence-electron chi connectivity index (χ3n) is 5.08. The smallest absolute Gasteiger partial charge is 0.267 e. The van der Waals surface area contributed by atoms with Crippen LogP contribution in [0.4, 0.5) is 11.4 Å². The van der Waals surface area contributed by atoms with Crippen LogP contribution in [0, 0.1) is 0 Å². The molecule has 0 unspecified atom stereocenters. The highest BCUT2D eigenvalue weighted by Crippen LogP contribution is 2.39. The van der Waals surface area contributed by atoms with Gasteiger partial charge in [-0.2, -0.15) is 0 Å². The molecular weight excluding hydrogens is 468 g/mol. The number of sulfonamides is 1. The topological polar surface area (TPSA) is 94.2 Å². The molecule has 0 radical (unpaired) electrons. The SMILES string of the molecule is COc1ccc(NC(=O)[C@@H]2CN(S(=O)(=O)c3ccccc3)c3cc(Cl)ccc3O2)c(OC)c1. The molecule has 0 aliphatic carbocycles. The van der Waals surface area contributed by atoms with E-state index in [0.29, 0.717) is 22.2 Å². The number of carbonyl (C=O) groups excluding carboxylic acids is 1. The van der Waals surface area contributed by atoms with Crippen molar-refractivity contribution in [2.24, 2.45) is 0 Å². The second kappa shape index (κ2) is 9.21. The monoisotopic (exact) mass is 488 g/mol. The number of methoxy groups -OCH3 is 2. The molecule has 1 atom stereocenters. The molecule has 1 heterocycles. The summed E-state index contributed by atoms with van der Waals surface area (Å²) in [5, 5.41) is 3.09. The Labute approximate surface area is 196 Å². The highest BCUT2D eigenvalue weighted by molar-refractivity contribution is 7.92. The van der Waals surface area contributed by atoms with Crippen molar-refractivity contribution in [2.45, 2.75) is 11.0 Å². The van der Waals surface area contributed by atoms with E-state index in [1.165, 1.54) is 32.4 Å². The second-order valence-corrected chi connectivity index (χ2v) is 9.42. The second-order valence-electron chi connectivity index (χ2n) is 7.12. The Morgan fingerprint density at radius 2 is 1.82 bits per heavy atom. The first kappa shape index (κ1) is 22.8. The molecule has 1 N–H and O–H groups in total. The molecule has 0 saturated carbocycles. The normalized spacial score (nSPS) is 15.2. The van der Waals surface area contributed by atoms with Crippen molar-refractivity contribution in [2.75, 3.05) is 30.4 Å². The van der Waals surface area contributed by atoms with E-state index in [4.69, 9.17) is 25.8 Å². The van der Waals surface area contributed by atoms with E-state index in [2.05, 4.69) is 5.32 Å². The lowest BCUT2D eigenvalue weighted by molar-refractivity contribution is -0.122. The fourth-order valence-electron chi connectivity index (χ4n) is 3.42. The summed E-state index contributed by atoms with van der Waals surface area (Å²) in [7, 11) is -0.990. The number of fused-ring (bicyclic) bond motifs is 1. The molecule has 1 amide bonds. The highest BCUT2D eigenvalue weighted by atomic mass is 35.5. The van der Waals surface area contributed by atoms with Crippen molar-refractivity contribution < 1.29 is 27.4 Å². The van der Waals surface area contributed by atoms with Crippen LogP contribution in [0.2, 0.25) is 5.02 Å². The summed E-state index contributed by atoms with van der Waals surface area (Å²) in [5.41, 5.74) is 0.656. The Morgan fingerprint density at radius 3 is 2.52 bits per heavy atom. The van der Waals surface area contributed by atoms with E-state index in [9.17, 15) is 13.2 Å². The van der Waals surface area contributed by atoms with Gasteiger partial charge in [0, 0.05) is 11.1 Å². The maximum absolute atomic E-state index is 13.4. The number of hydrogen-bond acceptors (Lipinski definition) is 6. The molecule has 172 valence electrons. The van der Waals surface area contributed by atoms with Crippen LogP contribution >= 0.6 is 11.6 Å². The van der Waals surface area contributed by atoms with Crippen molar-refractivity contribution in [3.63, 3.8) is 0 Å². The lowest BCUT2D eigenvalue weighted by Crippen LogP contribution is -2.48. The molecule has 4 rings (SSSR count). The van der Waals surface area contributed by atoms with E-state index < -0.39 is 22.0 Å². The first-order valence-electron chi connectivity index (χ1n) is 9.90. The zero-order valence-corrected chi connectivity index (χ0v) is 19.4. The van der Waals surface area contributed by atoms with E-state index in [1.54, 1.807) is 48.5 Å². The predicted molar refractivity (Wildman–Crippen MR) is 125 cm³/mol. The number of carbonyl (C=O) groups is 1. The van der Waals surface area contributed by atoms with Crippen LogP contribution in [0.15, 0.2) is 71.6 Å². The van der Waals surface area contributed by atoms with Crippen LogP contribution in [0.5, 0.6) is 17.2 Å². The number of nitrogens with one attached hydrogen (secondary N) is 1. The first-order valence-corrected chi connectivity index (χ1v) is 11.7. The van der Waals surface area contributed by atoms with E-state index in [-0.39, 0.29) is 22.9 Å². The zero-order valence-electron chi connectivity index (χ0n) is 17.8. The lowest BCUT2D eigenvalue weighted by Gasteiger charge is -2.35. The number of hydrogen-bond donors (Lipinski definition) is 1. The van der Waals surface area contributed by atoms with Gasteiger partial charge >= 0.3 is 0 Å². The van der Waals surface area contributed by atoms with Crippen LogP contribution in [-0.4, -0.2) is 41.2 Å². The molecule has 1 aliphatic rings. The summed E-state index contributed by atoms with van der Waals surface area (Å²) in [5.74, 6) is 0.642. The molecule has 0 bridgehead atoms. The number of ether oxygens (including phenoxy) is 3. The number of nitrogens with zero attached hydrogens (tertiary/aromatic N) is 1. The molecule has 0 saturated heterocycles. The van der Waals surface area contributed by atoms with Crippen molar-refractivity contribution in [3.05, 3.63) is 71.8 Å². The summed E-state index contributed by atoms with van der Waals surface area (Å²) in [4.78, 5) is 13.2. The Bertz CT molecular complexity index is 1280. The van der Waals surface area contributed by atoms with E-state index in [1.807, 2.05) is 0 Å². The van der Waals surface area contributed by atoms with Gasteiger partial charge in [-0.15, -0.1) is 0 Å². The van der Waals surface area contributed by atoms with Gasteiger partial charge in [0.15, 0.2) is 6.10 Å². The van der Waals surface area contributed by atoms with Gasteiger partial charge in [0.2, 0.25) is 0 Å². The average Bonchev–Trinajstić information content (AvgIpc) is 2.84. The van der Waals surface area contributed by atoms with Crippen LogP contribution in [0.1, 0.15) is 0 Å². The fraction of sp³-hybridized carbons (Fsp3) is 0.174. The molecule has 0 fully saturated rings. The maximum atomic E-state index is 13.4. The van der Waals surface area contributed by atoms with E-state index >= 15 is 0 Å². The van der Waals surface area contributed by atoms with Crippen molar-refractivity contribution in [1.82, 2.24) is 0 Å². The average molecular weight is 489 g/mol. The quantitative estimate of drug-likeness (QED) is 0.564. The summed E-state index contributed by atoms with van der Waals surface area (Å²) in [6, 6.07) is 17.5. The zero-order chi connectivity index (χ0) is 23.6. The van der Waals surface area contributed by atoms with Crippen molar-refractivity contribution >= 4 is 38.9 Å². The Balaban J connectivity index is 1.67. The lowest BCUT2D eigenvalue weighted by atomic mass is 10.2. The largest absolute Gasteiger partial charge is 0.497 e. The maximum Gasteiger partial charge on any atom is 0.267 e. The van der Waals surface area contributed by atoms with Gasteiger partial charge in [-0.3, -0.25) is 9.10 Å². The molecule has 10 heteroatoms. The van der Waals surface area contributed by atoms with Crippen LogP contribution in [-0.2, 0) is 14.8 Å². The standard InChI is InChI=1S/C23H21ClN2O6S/c1-30-16-9-10-18(21(13-16)31-2)25-23(27)22-14-26(19-12-15(24)8-11-20(19)32-22)33(28,29)17-6-4-3-5-7-17/h3-13,22H,14H2,1-2H3,(H,25,27)/t22-/m0/s1. The van der Waals surface area contributed by atoms with Gasteiger partial charge in [0.05, 0.1) is 37.0 Å². The predicted octanol–water partition coefficient (Wildman–Crippen LogP) is 3.95.